The predicted octanol–water partition coefficient (Wildman–Crippen LogP) is 5.47. The molecule has 1 radical (unpaired) electrons. The molecule has 29 heavy (non-hydrogen) atoms. The van der Waals surface area contributed by atoms with Crippen LogP contribution in [0.4, 0.5) is 0 Å². The first-order valence-electron chi connectivity index (χ1n) is 10.0. The first kappa shape index (κ1) is 19.7. The molecule has 0 aliphatic rings. The van der Waals surface area contributed by atoms with Gasteiger partial charge in [-0.05, 0) is 71.9 Å². The molecule has 0 spiro atoms. The van der Waals surface area contributed by atoms with Crippen molar-refractivity contribution in [2.24, 2.45) is 0 Å². The maximum Gasteiger partial charge on any atom is 0.331 e. The molecule has 0 aliphatic carbocycles. The van der Waals surface area contributed by atoms with Crippen molar-refractivity contribution in [3.63, 3.8) is 0 Å². The van der Waals surface area contributed by atoms with Crippen LogP contribution in [0.15, 0.2) is 78.9 Å². The van der Waals surface area contributed by atoms with Crippen LogP contribution in [0.3, 0.4) is 0 Å². The summed E-state index contributed by atoms with van der Waals surface area (Å²) in [5.74, 6) is 0. The molecule has 0 aliphatic heterocycles. The van der Waals surface area contributed by atoms with Gasteiger partial charge in [0, 0.05) is 0 Å². The van der Waals surface area contributed by atoms with E-state index in [4.69, 9.17) is 4.65 Å². The van der Waals surface area contributed by atoms with Crippen LogP contribution >= 0.6 is 0 Å². The molecule has 3 heteroatoms. The summed E-state index contributed by atoms with van der Waals surface area (Å²) in [7, 11) is 1.77. The van der Waals surface area contributed by atoms with E-state index in [9.17, 15) is 5.11 Å². The fraction of sp³-hybridized carbons (Fsp3) is 0.231. The third-order valence-corrected chi connectivity index (χ3v) is 5.97. The highest BCUT2D eigenvalue weighted by Crippen LogP contribution is 2.30. The predicted molar refractivity (Wildman–Crippen MR) is 124 cm³/mol. The van der Waals surface area contributed by atoms with Gasteiger partial charge in [-0.1, -0.05) is 72.8 Å². The Bertz CT molecular complexity index is 1170. The zero-order chi connectivity index (χ0) is 20.6. The number of hydrogen-bond donors (Lipinski definition) is 1. The third-order valence-electron chi connectivity index (χ3n) is 5.97. The van der Waals surface area contributed by atoms with Crippen molar-refractivity contribution in [1.29, 1.82) is 0 Å². The van der Waals surface area contributed by atoms with Gasteiger partial charge >= 0.3 is 7.48 Å². The molecule has 0 heterocycles. The summed E-state index contributed by atoms with van der Waals surface area (Å²) in [6.07, 6.45) is 0. The summed E-state index contributed by atoms with van der Waals surface area (Å²) >= 11 is 0. The van der Waals surface area contributed by atoms with Crippen molar-refractivity contribution in [2.75, 3.05) is 0 Å². The molecule has 0 saturated heterocycles. The Labute approximate surface area is 173 Å². The summed E-state index contributed by atoms with van der Waals surface area (Å²) in [4.78, 5) is 0. The molecule has 0 aromatic heterocycles. The Morgan fingerprint density at radius 3 is 2.10 bits per heavy atom. The summed E-state index contributed by atoms with van der Waals surface area (Å²) in [6, 6.07) is 27.7. The molecule has 1 N–H and O–H groups in total. The Morgan fingerprint density at radius 1 is 0.724 bits per heavy atom. The average Bonchev–Trinajstić information content (AvgIpc) is 2.71. The van der Waals surface area contributed by atoms with E-state index in [1.165, 1.54) is 27.3 Å². The Kier molecular flexibility index (Phi) is 4.98. The highest BCUT2D eigenvalue weighted by Gasteiger charge is 2.35. The van der Waals surface area contributed by atoms with E-state index in [-0.39, 0.29) is 0 Å². The molecular formula is C26H26BO2. The van der Waals surface area contributed by atoms with Gasteiger partial charge in [0.2, 0.25) is 0 Å². The Morgan fingerprint density at radius 2 is 1.38 bits per heavy atom. The summed E-state index contributed by atoms with van der Waals surface area (Å²) in [5.41, 5.74) is 1.74. The van der Waals surface area contributed by atoms with Gasteiger partial charge in [-0.2, -0.15) is 0 Å². The Balaban J connectivity index is 1.75. The standard InChI is InChI=1S/C26H26BO2/c1-25(2,28)26(3,4)29-27-24-16-15-21(22-11-7-8-12-23(22)24)20-14-13-18-9-5-6-10-19(18)17-20/h5-17,28H,1-4H3. The van der Waals surface area contributed by atoms with Gasteiger partial charge in [0.25, 0.3) is 0 Å². The van der Waals surface area contributed by atoms with Gasteiger partial charge in [-0.25, -0.2) is 0 Å². The molecule has 0 unspecified atom stereocenters. The fourth-order valence-electron chi connectivity index (χ4n) is 3.39. The highest BCUT2D eigenvalue weighted by molar-refractivity contribution is 6.51. The normalized spacial score (nSPS) is 12.4. The maximum absolute atomic E-state index is 10.4. The molecule has 2 nitrogen and oxygen atoms in total. The second kappa shape index (κ2) is 7.33. The third kappa shape index (κ3) is 3.81. The molecule has 145 valence electrons. The molecule has 0 bridgehead atoms. The van der Waals surface area contributed by atoms with E-state index in [1.807, 2.05) is 19.9 Å². The highest BCUT2D eigenvalue weighted by atomic mass is 16.5. The van der Waals surface area contributed by atoms with Crippen molar-refractivity contribution in [1.82, 2.24) is 0 Å². The summed E-state index contributed by atoms with van der Waals surface area (Å²) in [6.45, 7) is 7.33. The number of benzene rings is 4. The summed E-state index contributed by atoms with van der Waals surface area (Å²) < 4.78 is 6.02. The van der Waals surface area contributed by atoms with Gasteiger partial charge in [0.1, 0.15) is 0 Å². The van der Waals surface area contributed by atoms with E-state index in [2.05, 4.69) is 72.8 Å². The van der Waals surface area contributed by atoms with E-state index in [0.29, 0.717) is 0 Å². The minimum Gasteiger partial charge on any atom is -0.427 e. The number of rotatable bonds is 5. The second-order valence-electron chi connectivity index (χ2n) is 8.61. The molecule has 0 atom stereocenters. The molecule has 0 saturated carbocycles. The Hall–Kier alpha value is -2.62. The lowest BCUT2D eigenvalue weighted by atomic mass is 9.79. The monoisotopic (exact) mass is 381 g/mol. The van der Waals surface area contributed by atoms with Crippen LogP contribution in [-0.2, 0) is 4.65 Å². The van der Waals surface area contributed by atoms with Crippen molar-refractivity contribution in [2.45, 2.75) is 38.9 Å². The van der Waals surface area contributed by atoms with Crippen LogP contribution < -0.4 is 5.46 Å². The molecule has 4 aromatic rings. The number of fused-ring (bicyclic) bond motifs is 2. The van der Waals surface area contributed by atoms with Crippen LogP contribution in [0.5, 0.6) is 0 Å². The summed E-state index contributed by atoms with van der Waals surface area (Å²) in [5, 5.41) is 15.2. The van der Waals surface area contributed by atoms with Crippen LogP contribution in [0, 0.1) is 0 Å². The zero-order valence-electron chi connectivity index (χ0n) is 17.4. The minimum atomic E-state index is -0.954. The van der Waals surface area contributed by atoms with Gasteiger partial charge in [0.05, 0.1) is 11.2 Å². The van der Waals surface area contributed by atoms with Crippen LogP contribution in [0.25, 0.3) is 32.7 Å². The van der Waals surface area contributed by atoms with Crippen molar-refractivity contribution in [3.05, 3.63) is 78.9 Å². The van der Waals surface area contributed by atoms with Crippen LogP contribution in [0.1, 0.15) is 27.7 Å². The molecule has 4 rings (SSSR count). The largest absolute Gasteiger partial charge is 0.427 e. The quantitative estimate of drug-likeness (QED) is 0.465. The number of hydrogen-bond acceptors (Lipinski definition) is 2. The van der Waals surface area contributed by atoms with Crippen LogP contribution in [0.2, 0.25) is 0 Å². The van der Waals surface area contributed by atoms with E-state index < -0.39 is 11.2 Å². The minimum absolute atomic E-state index is 0.703. The fourth-order valence-corrected chi connectivity index (χ4v) is 3.39. The molecule has 0 fully saturated rings. The topological polar surface area (TPSA) is 29.5 Å². The van der Waals surface area contributed by atoms with Gasteiger partial charge in [-0.3, -0.25) is 0 Å². The van der Waals surface area contributed by atoms with E-state index in [1.54, 1.807) is 21.3 Å². The first-order valence-corrected chi connectivity index (χ1v) is 10.0. The molecular weight excluding hydrogens is 355 g/mol. The van der Waals surface area contributed by atoms with E-state index in [0.717, 1.165) is 10.8 Å². The average molecular weight is 381 g/mol. The SMILES string of the molecule is CC(C)(O)C(C)(C)O[B]c1ccc(-c2ccc3ccccc3c2)c2ccccc12. The maximum atomic E-state index is 10.4. The van der Waals surface area contributed by atoms with Crippen molar-refractivity contribution in [3.8, 4) is 11.1 Å². The number of aliphatic hydroxyl groups is 1. The lowest BCUT2D eigenvalue weighted by Crippen LogP contribution is -2.49. The van der Waals surface area contributed by atoms with E-state index >= 15 is 0 Å². The van der Waals surface area contributed by atoms with Gasteiger partial charge < -0.3 is 9.76 Å². The van der Waals surface area contributed by atoms with Crippen molar-refractivity contribution < 1.29 is 9.76 Å². The molecule has 0 amide bonds. The van der Waals surface area contributed by atoms with Crippen molar-refractivity contribution >= 4 is 34.5 Å². The van der Waals surface area contributed by atoms with Gasteiger partial charge in [-0.15, -0.1) is 0 Å². The smallest absolute Gasteiger partial charge is 0.331 e. The lowest BCUT2D eigenvalue weighted by molar-refractivity contribution is -0.0893. The second-order valence-corrected chi connectivity index (χ2v) is 8.61. The van der Waals surface area contributed by atoms with Crippen LogP contribution in [-0.4, -0.2) is 23.8 Å². The lowest BCUT2D eigenvalue weighted by Gasteiger charge is -2.37. The van der Waals surface area contributed by atoms with Gasteiger partial charge in [0.15, 0.2) is 0 Å². The first-order chi connectivity index (χ1) is 13.8. The zero-order valence-corrected chi connectivity index (χ0v) is 17.4. The molecule has 4 aromatic carbocycles.